The van der Waals surface area contributed by atoms with E-state index in [4.69, 9.17) is 0 Å². The van der Waals surface area contributed by atoms with E-state index in [0.717, 1.165) is 5.56 Å². The predicted molar refractivity (Wildman–Crippen MR) is 128 cm³/mol. The first-order chi connectivity index (χ1) is 14.6. The third-order valence-electron chi connectivity index (χ3n) is 6.76. The van der Waals surface area contributed by atoms with Gasteiger partial charge in [0.15, 0.2) is 0 Å². The summed E-state index contributed by atoms with van der Waals surface area (Å²) in [5, 5.41) is 2.64. The molecule has 1 aliphatic rings. The zero-order valence-corrected chi connectivity index (χ0v) is 17.3. The molecule has 30 heavy (non-hydrogen) atoms. The van der Waals surface area contributed by atoms with Crippen LogP contribution in [0.25, 0.3) is 44.7 Å². The van der Waals surface area contributed by atoms with Crippen LogP contribution in [0.1, 0.15) is 30.5 Å². The molecule has 0 saturated heterocycles. The minimum Gasteiger partial charge on any atom is -0.309 e. The molecule has 0 atom stereocenters. The van der Waals surface area contributed by atoms with Crippen LogP contribution in [-0.2, 0) is 5.41 Å². The van der Waals surface area contributed by atoms with Crippen LogP contribution < -0.4 is 0 Å². The number of aromatic nitrogens is 1. The molecule has 0 aliphatic carbocycles. The van der Waals surface area contributed by atoms with Crippen LogP contribution in [0.5, 0.6) is 0 Å². The maximum Gasteiger partial charge on any atom is 0.0582 e. The molecule has 5 aromatic rings. The second-order valence-corrected chi connectivity index (χ2v) is 8.74. The Balaban J connectivity index is 1.70. The Hall–Kier alpha value is -3.58. The summed E-state index contributed by atoms with van der Waals surface area (Å²) in [5.74, 6) is 0. The summed E-state index contributed by atoms with van der Waals surface area (Å²) in [7, 11) is 0. The van der Waals surface area contributed by atoms with Crippen molar-refractivity contribution in [3.05, 3.63) is 108 Å². The lowest BCUT2D eigenvalue weighted by Gasteiger charge is -2.34. The van der Waals surface area contributed by atoms with Gasteiger partial charge in [0.1, 0.15) is 0 Å². The summed E-state index contributed by atoms with van der Waals surface area (Å²) in [4.78, 5) is 0. The molecule has 0 fully saturated rings. The first-order valence-corrected chi connectivity index (χ1v) is 10.5. The molecule has 0 saturated carbocycles. The van der Waals surface area contributed by atoms with Gasteiger partial charge in [0, 0.05) is 16.2 Å². The summed E-state index contributed by atoms with van der Waals surface area (Å²) in [5.41, 5.74) is 10.3. The molecule has 2 heterocycles. The van der Waals surface area contributed by atoms with Crippen molar-refractivity contribution in [2.75, 3.05) is 0 Å². The topological polar surface area (TPSA) is 4.93 Å². The van der Waals surface area contributed by atoms with Crippen molar-refractivity contribution in [3.8, 4) is 16.8 Å². The summed E-state index contributed by atoms with van der Waals surface area (Å²) in [6.07, 6.45) is 1.89. The second kappa shape index (κ2) is 5.96. The summed E-state index contributed by atoms with van der Waals surface area (Å²) in [6.45, 7) is 8.55. The molecule has 6 rings (SSSR count). The lowest BCUT2D eigenvalue weighted by molar-refractivity contribution is 0.630. The van der Waals surface area contributed by atoms with E-state index in [9.17, 15) is 0 Å². The highest BCUT2D eigenvalue weighted by molar-refractivity contribution is 6.12. The smallest absolute Gasteiger partial charge is 0.0582 e. The van der Waals surface area contributed by atoms with Gasteiger partial charge in [0.05, 0.1) is 16.7 Å². The minimum atomic E-state index is -0.0240. The molecule has 144 valence electrons. The van der Waals surface area contributed by atoms with Gasteiger partial charge in [-0.05, 0) is 46.0 Å². The largest absolute Gasteiger partial charge is 0.309 e. The second-order valence-electron chi connectivity index (χ2n) is 8.74. The molecular formula is C29H23N. The van der Waals surface area contributed by atoms with Gasteiger partial charge in [-0.3, -0.25) is 0 Å². The Labute approximate surface area is 176 Å². The Morgan fingerprint density at radius 2 is 1.47 bits per heavy atom. The van der Waals surface area contributed by atoms with Gasteiger partial charge in [0.25, 0.3) is 0 Å². The average Bonchev–Trinajstić information content (AvgIpc) is 3.12. The van der Waals surface area contributed by atoms with E-state index in [2.05, 4.69) is 110 Å². The maximum absolute atomic E-state index is 3.86. The number of hydrogen-bond donors (Lipinski definition) is 0. The minimum absolute atomic E-state index is 0.0240. The van der Waals surface area contributed by atoms with Crippen molar-refractivity contribution >= 4 is 27.9 Å². The number of rotatable bonds is 2. The van der Waals surface area contributed by atoms with Gasteiger partial charge in [-0.15, -0.1) is 0 Å². The fraction of sp³-hybridized carbons (Fsp3) is 0.103. The van der Waals surface area contributed by atoms with E-state index in [1.165, 1.54) is 49.7 Å². The summed E-state index contributed by atoms with van der Waals surface area (Å²) < 4.78 is 2.46. The summed E-state index contributed by atoms with van der Waals surface area (Å²) in [6, 6.07) is 31.1. The highest BCUT2D eigenvalue weighted by Gasteiger charge is 2.34. The van der Waals surface area contributed by atoms with Crippen molar-refractivity contribution in [1.82, 2.24) is 4.57 Å². The highest BCUT2D eigenvalue weighted by Crippen LogP contribution is 2.47. The van der Waals surface area contributed by atoms with Crippen LogP contribution >= 0.6 is 0 Å². The lowest BCUT2D eigenvalue weighted by Crippen LogP contribution is -2.26. The van der Waals surface area contributed by atoms with E-state index < -0.39 is 0 Å². The SMILES string of the molecule is C=Cc1ccc(-c2ccc3c(c2)c2cccc4c2n3-c2ccccc2C4(C)C)cc1. The van der Waals surface area contributed by atoms with Gasteiger partial charge in [-0.2, -0.15) is 0 Å². The molecule has 0 N–H and O–H groups in total. The molecule has 0 bridgehead atoms. The lowest BCUT2D eigenvalue weighted by atomic mass is 9.75. The van der Waals surface area contributed by atoms with Gasteiger partial charge < -0.3 is 4.57 Å². The van der Waals surface area contributed by atoms with Crippen LogP contribution in [0.15, 0.2) is 91.5 Å². The van der Waals surface area contributed by atoms with Gasteiger partial charge in [-0.25, -0.2) is 0 Å². The molecule has 1 heteroatoms. The van der Waals surface area contributed by atoms with Crippen LogP contribution in [0.2, 0.25) is 0 Å². The van der Waals surface area contributed by atoms with E-state index >= 15 is 0 Å². The Morgan fingerprint density at radius 3 is 2.27 bits per heavy atom. The van der Waals surface area contributed by atoms with Crippen molar-refractivity contribution in [2.45, 2.75) is 19.3 Å². The van der Waals surface area contributed by atoms with E-state index in [1.54, 1.807) is 0 Å². The zero-order chi connectivity index (χ0) is 20.5. The first-order valence-electron chi connectivity index (χ1n) is 10.5. The first kappa shape index (κ1) is 17.3. The highest BCUT2D eigenvalue weighted by atomic mass is 15.0. The predicted octanol–water partition coefficient (Wildman–Crippen LogP) is 7.73. The van der Waals surface area contributed by atoms with E-state index in [0.29, 0.717) is 0 Å². The fourth-order valence-corrected chi connectivity index (χ4v) is 5.16. The number of nitrogens with zero attached hydrogens (tertiary/aromatic N) is 1. The molecule has 1 aromatic heterocycles. The molecule has 4 aromatic carbocycles. The van der Waals surface area contributed by atoms with E-state index in [1.807, 2.05) is 6.08 Å². The van der Waals surface area contributed by atoms with Crippen LogP contribution in [0.4, 0.5) is 0 Å². The molecule has 0 radical (unpaired) electrons. The number of fused-ring (bicyclic) bond motifs is 5. The van der Waals surface area contributed by atoms with Gasteiger partial charge in [-0.1, -0.05) is 93.2 Å². The third-order valence-corrected chi connectivity index (χ3v) is 6.76. The molecule has 0 unspecified atom stereocenters. The monoisotopic (exact) mass is 385 g/mol. The molecule has 0 amide bonds. The quantitative estimate of drug-likeness (QED) is 0.293. The third kappa shape index (κ3) is 2.18. The number of para-hydroxylation sites is 2. The van der Waals surface area contributed by atoms with Crippen molar-refractivity contribution in [1.29, 1.82) is 0 Å². The van der Waals surface area contributed by atoms with E-state index in [-0.39, 0.29) is 5.41 Å². The van der Waals surface area contributed by atoms with Crippen LogP contribution in [-0.4, -0.2) is 4.57 Å². The number of hydrogen-bond acceptors (Lipinski definition) is 0. The molecule has 1 nitrogen and oxygen atoms in total. The van der Waals surface area contributed by atoms with Gasteiger partial charge in [0.2, 0.25) is 0 Å². The molecule has 1 aliphatic heterocycles. The zero-order valence-electron chi connectivity index (χ0n) is 17.3. The van der Waals surface area contributed by atoms with Gasteiger partial charge >= 0.3 is 0 Å². The Morgan fingerprint density at radius 1 is 0.733 bits per heavy atom. The molecule has 0 spiro atoms. The van der Waals surface area contributed by atoms with Crippen molar-refractivity contribution in [2.24, 2.45) is 0 Å². The Kier molecular flexibility index (Phi) is 3.44. The average molecular weight is 386 g/mol. The van der Waals surface area contributed by atoms with Crippen molar-refractivity contribution in [3.63, 3.8) is 0 Å². The summed E-state index contributed by atoms with van der Waals surface area (Å²) >= 11 is 0. The number of benzene rings is 4. The Bertz CT molecular complexity index is 1460. The normalized spacial score (nSPS) is 14.1. The van der Waals surface area contributed by atoms with Crippen molar-refractivity contribution < 1.29 is 0 Å². The maximum atomic E-state index is 3.86. The molecular weight excluding hydrogens is 362 g/mol. The fourth-order valence-electron chi connectivity index (χ4n) is 5.16. The van der Waals surface area contributed by atoms with Crippen LogP contribution in [0, 0.1) is 0 Å². The van der Waals surface area contributed by atoms with Crippen LogP contribution in [0.3, 0.4) is 0 Å². The standard InChI is InChI=1S/C29H23N/c1-4-19-12-14-20(15-13-19)21-16-17-26-23(18-21)22-8-7-10-25-28(22)30(26)27-11-6-5-9-24(27)29(25,2)3/h4-18H,1H2,2-3H3.